The van der Waals surface area contributed by atoms with Gasteiger partial charge in [0.15, 0.2) is 30.0 Å². The van der Waals surface area contributed by atoms with Crippen molar-refractivity contribution in [3.8, 4) is 0 Å². The van der Waals surface area contributed by atoms with E-state index in [4.69, 9.17) is 25.7 Å². The van der Waals surface area contributed by atoms with Crippen molar-refractivity contribution in [1.82, 2.24) is 19.5 Å². The van der Waals surface area contributed by atoms with Crippen molar-refractivity contribution < 1.29 is 28.2 Å². The molecular weight excluding hydrogens is 423 g/mol. The molecule has 32 heavy (non-hydrogen) atoms. The lowest BCUT2D eigenvalue weighted by molar-refractivity contribution is -0.168. The third-order valence-electron chi connectivity index (χ3n) is 4.85. The molecule has 4 atom stereocenters. The van der Waals surface area contributed by atoms with Crippen molar-refractivity contribution in [3.05, 3.63) is 6.33 Å². The molecule has 1 aliphatic rings. The molecule has 4 N–H and O–H groups in total. The van der Waals surface area contributed by atoms with E-state index < -0.39 is 47.4 Å². The summed E-state index contributed by atoms with van der Waals surface area (Å²) in [6.45, 7) is 9.71. The molecule has 3 rings (SSSR count). The summed E-state index contributed by atoms with van der Waals surface area (Å²) in [5.74, 6) is -1.20. The summed E-state index contributed by atoms with van der Waals surface area (Å²) in [6.07, 6.45) is -4.17. The Morgan fingerprint density at radius 3 is 2.34 bits per heavy atom. The lowest BCUT2D eigenvalue weighted by Gasteiger charge is -2.25. The Hall–Kier alpha value is -3.02. The van der Waals surface area contributed by atoms with Crippen molar-refractivity contribution in [3.63, 3.8) is 0 Å². The number of ether oxygens (including phenoxy) is 3. The van der Waals surface area contributed by atoms with Crippen LogP contribution < -0.4 is 11.5 Å². The van der Waals surface area contributed by atoms with Crippen LogP contribution in [0.5, 0.6) is 0 Å². The van der Waals surface area contributed by atoms with E-state index in [0.29, 0.717) is 0 Å². The van der Waals surface area contributed by atoms with Crippen LogP contribution in [-0.4, -0.2) is 56.4 Å². The highest BCUT2D eigenvalue weighted by Crippen LogP contribution is 2.37. The highest BCUT2D eigenvalue weighted by Gasteiger charge is 2.50. The van der Waals surface area contributed by atoms with Gasteiger partial charge in [0.2, 0.25) is 5.95 Å². The maximum absolute atomic E-state index is 15.6. The van der Waals surface area contributed by atoms with Crippen molar-refractivity contribution >= 4 is 34.9 Å². The standard InChI is InChI=1S/C20H29FN6O5/c1-19(2,3)16(28)30-7-9-12(32-17(29)20(4,5)6)10(21)15(31-9)27-8-24-11-13(22)25-18(23)26-14(11)27/h8-10,12,15H,7H2,1-6H3,(H4,22,23,25,26)/t9-,10+,12-,15-/m1/s1. The zero-order valence-electron chi connectivity index (χ0n) is 19.0. The van der Waals surface area contributed by atoms with Crippen LogP contribution in [0.4, 0.5) is 16.2 Å². The van der Waals surface area contributed by atoms with Crippen LogP contribution in [0.3, 0.4) is 0 Å². The molecule has 0 radical (unpaired) electrons. The predicted molar refractivity (Wildman–Crippen MR) is 113 cm³/mol. The molecular formula is C20H29FN6O5. The summed E-state index contributed by atoms with van der Waals surface area (Å²) in [6, 6.07) is 0. The Bertz CT molecular complexity index is 1030. The Labute approximate surface area is 184 Å². The van der Waals surface area contributed by atoms with Gasteiger partial charge in [0, 0.05) is 0 Å². The number of aromatic nitrogens is 4. The van der Waals surface area contributed by atoms with Crippen molar-refractivity contribution in [2.45, 2.75) is 66.1 Å². The summed E-state index contributed by atoms with van der Waals surface area (Å²) in [4.78, 5) is 36.7. The van der Waals surface area contributed by atoms with Gasteiger partial charge in [-0.3, -0.25) is 14.2 Å². The second-order valence-corrected chi connectivity index (χ2v) is 9.77. The fourth-order valence-electron chi connectivity index (χ4n) is 3.01. The van der Waals surface area contributed by atoms with E-state index in [-0.39, 0.29) is 29.5 Å². The molecule has 0 spiro atoms. The molecule has 1 saturated heterocycles. The molecule has 0 amide bonds. The van der Waals surface area contributed by atoms with E-state index in [1.165, 1.54) is 10.9 Å². The van der Waals surface area contributed by atoms with Gasteiger partial charge in [-0.15, -0.1) is 0 Å². The molecule has 1 fully saturated rings. The van der Waals surface area contributed by atoms with Crippen LogP contribution in [0, 0.1) is 10.8 Å². The van der Waals surface area contributed by atoms with Crippen molar-refractivity contribution in [2.24, 2.45) is 10.8 Å². The summed E-state index contributed by atoms with van der Waals surface area (Å²) in [5, 5.41) is 0. The quantitative estimate of drug-likeness (QED) is 0.655. The number of nitrogens with two attached hydrogens (primary N) is 2. The van der Waals surface area contributed by atoms with Gasteiger partial charge in [0.25, 0.3) is 0 Å². The van der Waals surface area contributed by atoms with E-state index in [0.717, 1.165) is 0 Å². The summed E-state index contributed by atoms with van der Waals surface area (Å²) < 4.78 is 33.5. The molecule has 0 aliphatic carbocycles. The number of rotatable bonds is 4. The summed E-state index contributed by atoms with van der Waals surface area (Å²) in [7, 11) is 0. The Morgan fingerprint density at radius 1 is 1.12 bits per heavy atom. The zero-order valence-corrected chi connectivity index (χ0v) is 19.0. The van der Waals surface area contributed by atoms with Crippen molar-refractivity contribution in [2.75, 3.05) is 18.1 Å². The first-order valence-electron chi connectivity index (χ1n) is 10.1. The van der Waals surface area contributed by atoms with Gasteiger partial charge in [-0.05, 0) is 41.5 Å². The van der Waals surface area contributed by atoms with Crippen LogP contribution in [0.25, 0.3) is 11.2 Å². The average Bonchev–Trinajstić information content (AvgIpc) is 3.20. The number of esters is 2. The second kappa shape index (κ2) is 8.15. The van der Waals surface area contributed by atoms with Gasteiger partial charge in [0.1, 0.15) is 18.2 Å². The number of carbonyl (C=O) groups is 2. The number of imidazole rings is 1. The fraction of sp³-hybridized carbons (Fsp3) is 0.650. The third kappa shape index (κ3) is 4.59. The van der Waals surface area contributed by atoms with Crippen LogP contribution in [-0.2, 0) is 23.8 Å². The van der Waals surface area contributed by atoms with Crippen LogP contribution in [0.1, 0.15) is 47.8 Å². The molecule has 176 valence electrons. The monoisotopic (exact) mass is 452 g/mol. The van der Waals surface area contributed by atoms with Crippen LogP contribution >= 0.6 is 0 Å². The van der Waals surface area contributed by atoms with Crippen LogP contribution in [0.15, 0.2) is 6.33 Å². The lowest BCUT2D eigenvalue weighted by atomic mass is 9.97. The largest absolute Gasteiger partial charge is 0.462 e. The number of carbonyl (C=O) groups excluding carboxylic acids is 2. The highest BCUT2D eigenvalue weighted by molar-refractivity contribution is 5.82. The number of alkyl halides is 1. The fourth-order valence-corrected chi connectivity index (χ4v) is 3.01. The molecule has 12 heteroatoms. The molecule has 0 bridgehead atoms. The molecule has 2 aromatic heterocycles. The minimum atomic E-state index is -1.81. The Morgan fingerprint density at radius 2 is 1.75 bits per heavy atom. The second-order valence-electron chi connectivity index (χ2n) is 9.77. The number of anilines is 2. The number of nitrogens with zero attached hydrogens (tertiary/aromatic N) is 4. The Kier molecular flexibility index (Phi) is 6.02. The average molecular weight is 452 g/mol. The van der Waals surface area contributed by atoms with E-state index in [2.05, 4.69) is 15.0 Å². The van der Waals surface area contributed by atoms with E-state index in [1.807, 2.05) is 0 Å². The van der Waals surface area contributed by atoms with Gasteiger partial charge >= 0.3 is 11.9 Å². The molecule has 2 aromatic rings. The van der Waals surface area contributed by atoms with E-state index in [1.54, 1.807) is 41.5 Å². The topological polar surface area (TPSA) is 157 Å². The van der Waals surface area contributed by atoms with Gasteiger partial charge < -0.3 is 25.7 Å². The summed E-state index contributed by atoms with van der Waals surface area (Å²) in [5.41, 5.74) is 10.2. The molecule has 0 aromatic carbocycles. The van der Waals surface area contributed by atoms with Gasteiger partial charge in [-0.2, -0.15) is 9.97 Å². The number of nitrogen functional groups attached to an aromatic ring is 2. The van der Waals surface area contributed by atoms with Gasteiger partial charge in [-0.1, -0.05) is 0 Å². The third-order valence-corrected chi connectivity index (χ3v) is 4.85. The first-order chi connectivity index (χ1) is 14.7. The summed E-state index contributed by atoms with van der Waals surface area (Å²) >= 11 is 0. The zero-order chi connectivity index (χ0) is 24.0. The SMILES string of the molecule is CC(C)(C)C(=O)OC[C@H]1O[C@@H](n2cnc3c(N)nc(N)nc32)[C@@H](F)[C@@H]1OC(=O)C(C)(C)C. The highest BCUT2D eigenvalue weighted by atomic mass is 19.1. The maximum Gasteiger partial charge on any atom is 0.311 e. The maximum atomic E-state index is 15.6. The molecule has 0 saturated carbocycles. The first-order valence-corrected chi connectivity index (χ1v) is 10.1. The first kappa shape index (κ1) is 23.6. The minimum absolute atomic E-state index is 0.0334. The number of hydrogen-bond donors (Lipinski definition) is 2. The van der Waals surface area contributed by atoms with Crippen LogP contribution in [0.2, 0.25) is 0 Å². The van der Waals surface area contributed by atoms with E-state index in [9.17, 15) is 9.59 Å². The number of hydrogen-bond acceptors (Lipinski definition) is 10. The lowest BCUT2D eigenvalue weighted by Crippen LogP contribution is -2.40. The minimum Gasteiger partial charge on any atom is -0.462 e. The molecule has 11 nitrogen and oxygen atoms in total. The van der Waals surface area contributed by atoms with Crippen molar-refractivity contribution in [1.29, 1.82) is 0 Å². The molecule has 1 aliphatic heterocycles. The molecule has 0 unspecified atom stereocenters. The predicted octanol–water partition coefficient (Wildman–Crippen LogP) is 1.77. The molecule has 3 heterocycles. The smallest absolute Gasteiger partial charge is 0.311 e. The normalized spacial score (nSPS) is 24.0. The Balaban J connectivity index is 1.92. The number of halogens is 1. The number of fused-ring (bicyclic) bond motifs is 1. The van der Waals surface area contributed by atoms with Gasteiger partial charge in [-0.25, -0.2) is 9.37 Å². The van der Waals surface area contributed by atoms with Gasteiger partial charge in [0.05, 0.1) is 17.2 Å². The van der Waals surface area contributed by atoms with E-state index >= 15 is 4.39 Å².